The quantitative estimate of drug-likeness (QED) is 0.403. The maximum Gasteiger partial charge on any atom is 0.231 e. The Balaban J connectivity index is 0.000000185. The lowest BCUT2D eigenvalue weighted by molar-refractivity contribution is 0.174. The molecule has 0 amide bonds. The van der Waals surface area contributed by atoms with Gasteiger partial charge in [0.1, 0.15) is 0 Å². The number of methoxy groups -OCH3 is 2. The van der Waals surface area contributed by atoms with Gasteiger partial charge >= 0.3 is 0 Å². The zero-order chi connectivity index (χ0) is 25.6. The van der Waals surface area contributed by atoms with Crippen molar-refractivity contribution in [2.24, 2.45) is 0 Å². The molecule has 1 aliphatic heterocycles. The molecule has 0 aromatic heterocycles. The normalized spacial score (nSPS) is 11.1. The number of aliphatic hydroxyl groups excluding tert-OH is 1. The molecule has 186 valence electrons. The van der Waals surface area contributed by atoms with Gasteiger partial charge < -0.3 is 34.3 Å². The van der Waals surface area contributed by atoms with Crippen molar-refractivity contribution in [1.29, 1.82) is 0 Å². The smallest absolute Gasteiger partial charge is 0.231 e. The molecule has 1 heterocycles. The molecular formula is C28H32O7. The van der Waals surface area contributed by atoms with E-state index in [4.69, 9.17) is 24.1 Å². The van der Waals surface area contributed by atoms with Crippen LogP contribution in [0.15, 0.2) is 73.3 Å². The van der Waals surface area contributed by atoms with Crippen molar-refractivity contribution in [2.45, 2.75) is 20.0 Å². The van der Waals surface area contributed by atoms with Crippen molar-refractivity contribution in [2.75, 3.05) is 21.0 Å². The summed E-state index contributed by atoms with van der Waals surface area (Å²) in [4.78, 5) is 0. The minimum absolute atomic E-state index is 0.0383. The molecule has 35 heavy (non-hydrogen) atoms. The number of hydrogen-bond donors (Lipinski definition) is 3. The summed E-state index contributed by atoms with van der Waals surface area (Å²) in [5.41, 5.74) is 2.95. The number of hydrogen-bond acceptors (Lipinski definition) is 7. The largest absolute Gasteiger partial charge is 0.504 e. The third-order valence-electron chi connectivity index (χ3n) is 4.81. The third kappa shape index (κ3) is 8.32. The van der Waals surface area contributed by atoms with Crippen LogP contribution in [-0.2, 0) is 13.0 Å². The zero-order valence-corrected chi connectivity index (χ0v) is 20.2. The molecule has 0 spiro atoms. The molecule has 0 saturated carbocycles. The predicted molar refractivity (Wildman–Crippen MR) is 136 cm³/mol. The average Bonchev–Trinajstić information content (AvgIpc) is 3.35. The Morgan fingerprint density at radius 1 is 0.857 bits per heavy atom. The highest BCUT2D eigenvalue weighted by molar-refractivity contribution is 5.55. The Kier molecular flexibility index (Phi) is 11.0. The fourth-order valence-electron chi connectivity index (χ4n) is 3.05. The van der Waals surface area contributed by atoms with Gasteiger partial charge in [-0.15, -0.1) is 6.58 Å². The summed E-state index contributed by atoms with van der Waals surface area (Å²) in [6, 6.07) is 15.9. The number of allylic oxidation sites excluding steroid dienone is 2. The Labute approximate surface area is 206 Å². The lowest BCUT2D eigenvalue weighted by Crippen LogP contribution is -1.92. The van der Waals surface area contributed by atoms with Gasteiger partial charge in [-0.2, -0.15) is 0 Å². The molecule has 0 saturated heterocycles. The van der Waals surface area contributed by atoms with Crippen molar-refractivity contribution >= 4 is 6.08 Å². The Hall–Kier alpha value is -4.10. The van der Waals surface area contributed by atoms with Gasteiger partial charge in [-0.25, -0.2) is 0 Å². The minimum Gasteiger partial charge on any atom is -0.504 e. The van der Waals surface area contributed by atoms with E-state index in [0.29, 0.717) is 11.5 Å². The molecule has 0 fully saturated rings. The number of phenolic OH excluding ortho intramolecular Hbond substituents is 2. The first-order chi connectivity index (χ1) is 16.9. The van der Waals surface area contributed by atoms with Crippen LogP contribution in [-0.4, -0.2) is 36.3 Å². The van der Waals surface area contributed by atoms with E-state index in [-0.39, 0.29) is 24.9 Å². The van der Waals surface area contributed by atoms with Gasteiger partial charge in [0.15, 0.2) is 34.5 Å². The molecule has 1 aliphatic rings. The minimum atomic E-state index is 0.0383. The molecule has 3 aromatic carbocycles. The van der Waals surface area contributed by atoms with E-state index in [9.17, 15) is 10.2 Å². The Morgan fingerprint density at radius 2 is 1.49 bits per heavy atom. The number of aliphatic hydroxyl groups is 1. The standard InChI is InChI=1S/2C10H12O2.C8H8O3/c2*1-3-4-8-5-6-9(11)10(7-8)12-2;9-4-6-1-2-7-8(3-6)11-5-10-7/h3-7,11H,1-2H3;3,5-7,11H,1,4H2,2H3;1-3,9H,4-5H2/b4-3+;;. The molecule has 3 aromatic rings. The number of benzene rings is 3. The zero-order valence-electron chi connectivity index (χ0n) is 20.2. The Morgan fingerprint density at radius 3 is 2.11 bits per heavy atom. The summed E-state index contributed by atoms with van der Waals surface area (Å²) in [6.45, 7) is 5.89. The SMILES string of the molecule is C/C=C/c1ccc(O)c(OC)c1.C=CCc1ccc(O)c(OC)c1.OCc1ccc2c(c1)OCO2. The highest BCUT2D eigenvalue weighted by atomic mass is 16.7. The van der Waals surface area contributed by atoms with Crippen LogP contribution < -0.4 is 18.9 Å². The lowest BCUT2D eigenvalue weighted by Gasteiger charge is -2.04. The summed E-state index contributed by atoms with van der Waals surface area (Å²) in [6.07, 6.45) is 6.48. The van der Waals surface area contributed by atoms with E-state index < -0.39 is 0 Å². The van der Waals surface area contributed by atoms with Crippen molar-refractivity contribution in [3.8, 4) is 34.5 Å². The first-order valence-electron chi connectivity index (χ1n) is 10.9. The van der Waals surface area contributed by atoms with Crippen LogP contribution in [0.5, 0.6) is 34.5 Å². The molecule has 0 radical (unpaired) electrons. The first-order valence-corrected chi connectivity index (χ1v) is 10.9. The van der Waals surface area contributed by atoms with Crippen molar-refractivity contribution in [1.82, 2.24) is 0 Å². The van der Waals surface area contributed by atoms with Crippen LogP contribution in [0.25, 0.3) is 6.08 Å². The monoisotopic (exact) mass is 480 g/mol. The maximum atomic E-state index is 9.25. The van der Waals surface area contributed by atoms with Crippen LogP contribution in [0.4, 0.5) is 0 Å². The van der Waals surface area contributed by atoms with Crippen LogP contribution >= 0.6 is 0 Å². The third-order valence-corrected chi connectivity index (χ3v) is 4.81. The van der Waals surface area contributed by atoms with E-state index >= 15 is 0 Å². The summed E-state index contributed by atoms with van der Waals surface area (Å²) in [7, 11) is 3.07. The van der Waals surface area contributed by atoms with Gasteiger partial charge in [-0.3, -0.25) is 0 Å². The van der Waals surface area contributed by atoms with Gasteiger partial charge in [0.25, 0.3) is 0 Å². The van der Waals surface area contributed by atoms with Crippen LogP contribution in [0.3, 0.4) is 0 Å². The molecule has 0 aliphatic carbocycles. The molecule has 0 unspecified atom stereocenters. The van der Waals surface area contributed by atoms with E-state index in [2.05, 4.69) is 6.58 Å². The van der Waals surface area contributed by atoms with Crippen molar-refractivity contribution in [3.63, 3.8) is 0 Å². The molecule has 4 rings (SSSR count). The van der Waals surface area contributed by atoms with Gasteiger partial charge in [0.2, 0.25) is 6.79 Å². The topological polar surface area (TPSA) is 97.6 Å². The summed E-state index contributed by atoms with van der Waals surface area (Å²) >= 11 is 0. The first kappa shape index (κ1) is 27.1. The summed E-state index contributed by atoms with van der Waals surface area (Å²) < 4.78 is 20.1. The number of rotatable bonds is 6. The van der Waals surface area contributed by atoms with Crippen LogP contribution in [0, 0.1) is 0 Å². The molecule has 0 bridgehead atoms. The highest BCUT2D eigenvalue weighted by Gasteiger charge is 2.12. The maximum absolute atomic E-state index is 9.25. The fourth-order valence-corrected chi connectivity index (χ4v) is 3.05. The van der Waals surface area contributed by atoms with Crippen molar-refractivity contribution in [3.05, 3.63) is 90.0 Å². The molecule has 7 nitrogen and oxygen atoms in total. The van der Waals surface area contributed by atoms with Gasteiger partial charge in [-0.1, -0.05) is 36.4 Å². The van der Waals surface area contributed by atoms with Crippen LogP contribution in [0.2, 0.25) is 0 Å². The number of phenols is 2. The second-order valence-electron chi connectivity index (χ2n) is 7.28. The molecule has 3 N–H and O–H groups in total. The Bertz CT molecular complexity index is 1120. The van der Waals surface area contributed by atoms with Gasteiger partial charge in [-0.05, 0) is 66.4 Å². The van der Waals surface area contributed by atoms with E-state index in [1.807, 2.05) is 43.4 Å². The van der Waals surface area contributed by atoms with Crippen molar-refractivity contribution < 1.29 is 34.3 Å². The second-order valence-corrected chi connectivity index (χ2v) is 7.28. The molecule has 7 heteroatoms. The highest BCUT2D eigenvalue weighted by Crippen LogP contribution is 2.32. The van der Waals surface area contributed by atoms with Gasteiger partial charge in [0.05, 0.1) is 20.8 Å². The van der Waals surface area contributed by atoms with Crippen LogP contribution in [0.1, 0.15) is 23.6 Å². The molecule has 0 atom stereocenters. The van der Waals surface area contributed by atoms with E-state index in [1.54, 1.807) is 36.4 Å². The van der Waals surface area contributed by atoms with Gasteiger partial charge in [0, 0.05) is 0 Å². The average molecular weight is 481 g/mol. The summed E-state index contributed by atoms with van der Waals surface area (Å²) in [5.74, 6) is 2.83. The van der Waals surface area contributed by atoms with E-state index in [1.165, 1.54) is 14.2 Å². The number of fused-ring (bicyclic) bond motifs is 1. The summed E-state index contributed by atoms with van der Waals surface area (Å²) in [5, 5.41) is 27.3. The van der Waals surface area contributed by atoms with E-state index in [0.717, 1.165) is 34.6 Å². The fraction of sp³-hybridized carbons (Fsp3) is 0.214. The lowest BCUT2D eigenvalue weighted by atomic mass is 10.1. The predicted octanol–water partition coefficient (Wildman–Crippen LogP) is 5.47. The molecular weight excluding hydrogens is 448 g/mol. The number of ether oxygens (including phenoxy) is 4. The number of aromatic hydroxyl groups is 2. The second kappa shape index (κ2) is 14.2.